The molecule has 1 aliphatic rings. The molecule has 0 bridgehead atoms. The van der Waals surface area contributed by atoms with Crippen LogP contribution in [0, 0.1) is 6.92 Å². The fourth-order valence-electron chi connectivity index (χ4n) is 3.70. The number of aryl methyl sites for hydroxylation is 3. The molecule has 5 nitrogen and oxygen atoms in total. The lowest BCUT2D eigenvalue weighted by atomic mass is 10.0. The largest absolute Gasteiger partial charge is 0.420 e. The first-order valence-electron chi connectivity index (χ1n) is 9.02. The molecule has 26 heavy (non-hydrogen) atoms. The van der Waals surface area contributed by atoms with E-state index in [0.29, 0.717) is 11.1 Å². The molecular formula is C21H22N2O3. The third kappa shape index (κ3) is 3.05. The number of aromatic nitrogens is 1. The summed E-state index contributed by atoms with van der Waals surface area (Å²) in [4.78, 5) is 24.6. The van der Waals surface area contributed by atoms with Crippen molar-refractivity contribution in [3.05, 3.63) is 69.2 Å². The standard InChI is InChI=1S/C21H22N2O3/c1-13-6-9-19-18(10-13)23(21(25)26-19)12-20(24)22-14(2)16-8-7-15-4-3-5-17(15)11-16/h6-11,14H,3-5,12H2,1-2H3,(H,22,24)/t14-/m1/s1. The Bertz CT molecular complexity index is 1050. The summed E-state index contributed by atoms with van der Waals surface area (Å²) in [7, 11) is 0. The third-order valence-electron chi connectivity index (χ3n) is 5.12. The smallest absolute Gasteiger partial charge is 0.408 e. The van der Waals surface area contributed by atoms with Gasteiger partial charge in [-0.1, -0.05) is 24.3 Å². The Morgan fingerprint density at radius 2 is 2.00 bits per heavy atom. The first-order valence-corrected chi connectivity index (χ1v) is 9.02. The highest BCUT2D eigenvalue weighted by atomic mass is 16.4. The van der Waals surface area contributed by atoms with Gasteiger partial charge in [-0.25, -0.2) is 4.79 Å². The van der Waals surface area contributed by atoms with Crippen LogP contribution in [0.3, 0.4) is 0 Å². The second kappa shape index (κ2) is 6.48. The van der Waals surface area contributed by atoms with Gasteiger partial charge in [-0.3, -0.25) is 9.36 Å². The zero-order valence-electron chi connectivity index (χ0n) is 15.0. The number of fused-ring (bicyclic) bond motifs is 2. The molecule has 1 atom stereocenters. The van der Waals surface area contributed by atoms with Gasteiger partial charge in [-0.2, -0.15) is 0 Å². The molecular weight excluding hydrogens is 328 g/mol. The number of oxazole rings is 1. The van der Waals surface area contributed by atoms with Gasteiger partial charge in [0.15, 0.2) is 5.58 Å². The Labute approximate surface area is 151 Å². The Hall–Kier alpha value is -2.82. The number of hydrogen-bond donors (Lipinski definition) is 1. The van der Waals surface area contributed by atoms with Gasteiger partial charge in [-0.05, 0) is 67.5 Å². The summed E-state index contributed by atoms with van der Waals surface area (Å²) in [5.41, 5.74) is 6.06. The maximum absolute atomic E-state index is 12.5. The van der Waals surface area contributed by atoms with Crippen LogP contribution < -0.4 is 11.1 Å². The Kier molecular flexibility index (Phi) is 4.15. The molecule has 1 aliphatic carbocycles. The van der Waals surface area contributed by atoms with Crippen molar-refractivity contribution >= 4 is 17.0 Å². The first kappa shape index (κ1) is 16.6. The quantitative estimate of drug-likeness (QED) is 0.785. The Morgan fingerprint density at radius 1 is 1.19 bits per heavy atom. The van der Waals surface area contributed by atoms with Gasteiger partial charge in [0.05, 0.1) is 11.6 Å². The predicted octanol–water partition coefficient (Wildman–Crippen LogP) is 3.27. The van der Waals surface area contributed by atoms with Crippen molar-refractivity contribution in [3.63, 3.8) is 0 Å². The van der Waals surface area contributed by atoms with Crippen molar-refractivity contribution in [1.82, 2.24) is 9.88 Å². The van der Waals surface area contributed by atoms with Crippen molar-refractivity contribution in [1.29, 1.82) is 0 Å². The number of carbonyl (C=O) groups excluding carboxylic acids is 1. The summed E-state index contributed by atoms with van der Waals surface area (Å²) in [6.45, 7) is 3.86. The molecule has 1 aromatic heterocycles. The maximum atomic E-state index is 12.5. The zero-order valence-corrected chi connectivity index (χ0v) is 15.0. The van der Waals surface area contributed by atoms with E-state index >= 15 is 0 Å². The van der Waals surface area contributed by atoms with Gasteiger partial charge in [0, 0.05) is 0 Å². The predicted molar refractivity (Wildman–Crippen MR) is 100 cm³/mol. The lowest BCUT2D eigenvalue weighted by Crippen LogP contribution is -2.32. The number of nitrogens with zero attached hydrogens (tertiary/aromatic N) is 1. The first-order chi connectivity index (χ1) is 12.5. The van der Waals surface area contributed by atoms with Crippen molar-refractivity contribution < 1.29 is 9.21 Å². The van der Waals surface area contributed by atoms with Crippen LogP contribution in [0.1, 0.15) is 41.6 Å². The van der Waals surface area contributed by atoms with E-state index in [-0.39, 0.29) is 18.5 Å². The van der Waals surface area contributed by atoms with E-state index < -0.39 is 5.76 Å². The minimum atomic E-state index is -0.508. The summed E-state index contributed by atoms with van der Waals surface area (Å²) in [6.07, 6.45) is 3.46. The van der Waals surface area contributed by atoms with E-state index in [0.717, 1.165) is 24.0 Å². The van der Waals surface area contributed by atoms with Gasteiger partial charge < -0.3 is 9.73 Å². The molecule has 0 saturated carbocycles. The Balaban J connectivity index is 1.51. The molecule has 0 aliphatic heterocycles. The molecule has 0 fully saturated rings. The van der Waals surface area contributed by atoms with Crippen molar-refractivity contribution in [3.8, 4) is 0 Å². The molecule has 134 valence electrons. The summed E-state index contributed by atoms with van der Waals surface area (Å²) >= 11 is 0. The number of rotatable bonds is 4. The summed E-state index contributed by atoms with van der Waals surface area (Å²) in [5, 5.41) is 2.99. The second-order valence-corrected chi connectivity index (χ2v) is 7.10. The van der Waals surface area contributed by atoms with Gasteiger partial charge >= 0.3 is 5.76 Å². The van der Waals surface area contributed by atoms with Crippen LogP contribution in [0.2, 0.25) is 0 Å². The monoisotopic (exact) mass is 350 g/mol. The van der Waals surface area contributed by atoms with Crippen molar-refractivity contribution in [2.75, 3.05) is 0 Å². The van der Waals surface area contributed by atoms with E-state index in [1.54, 1.807) is 6.07 Å². The van der Waals surface area contributed by atoms with E-state index in [9.17, 15) is 9.59 Å². The average Bonchev–Trinajstić information content (AvgIpc) is 3.19. The van der Waals surface area contributed by atoms with Crippen LogP contribution in [0.25, 0.3) is 11.1 Å². The second-order valence-electron chi connectivity index (χ2n) is 7.10. The van der Waals surface area contributed by atoms with E-state index in [1.165, 1.54) is 22.1 Å². The molecule has 2 aromatic carbocycles. The van der Waals surface area contributed by atoms with Crippen molar-refractivity contribution in [2.24, 2.45) is 0 Å². The molecule has 1 N–H and O–H groups in total. The van der Waals surface area contributed by atoms with Crippen LogP contribution in [-0.2, 0) is 24.2 Å². The highest BCUT2D eigenvalue weighted by molar-refractivity contribution is 5.80. The Morgan fingerprint density at radius 3 is 2.85 bits per heavy atom. The van der Waals surface area contributed by atoms with E-state index in [2.05, 4.69) is 23.5 Å². The SMILES string of the molecule is Cc1ccc2oc(=O)n(CC(=O)N[C@H](C)c3ccc4c(c3)CCC4)c2c1. The summed E-state index contributed by atoms with van der Waals surface area (Å²) < 4.78 is 6.60. The van der Waals surface area contributed by atoms with Gasteiger partial charge in [-0.15, -0.1) is 0 Å². The summed E-state index contributed by atoms with van der Waals surface area (Å²) in [5.74, 6) is -0.713. The maximum Gasteiger partial charge on any atom is 0.420 e. The lowest BCUT2D eigenvalue weighted by Gasteiger charge is -2.16. The molecule has 1 heterocycles. The molecule has 5 heteroatoms. The van der Waals surface area contributed by atoms with Crippen LogP contribution in [0.5, 0.6) is 0 Å². The molecule has 3 aromatic rings. The van der Waals surface area contributed by atoms with Gasteiger partial charge in [0.25, 0.3) is 0 Å². The zero-order chi connectivity index (χ0) is 18.3. The third-order valence-corrected chi connectivity index (χ3v) is 5.12. The number of carbonyl (C=O) groups is 1. The van der Waals surface area contributed by atoms with E-state index in [4.69, 9.17) is 4.42 Å². The number of benzene rings is 2. The molecule has 0 unspecified atom stereocenters. The topological polar surface area (TPSA) is 64.2 Å². The molecule has 4 rings (SSSR count). The number of hydrogen-bond acceptors (Lipinski definition) is 3. The fourth-order valence-corrected chi connectivity index (χ4v) is 3.70. The highest BCUT2D eigenvalue weighted by Crippen LogP contribution is 2.25. The molecule has 0 spiro atoms. The molecule has 0 radical (unpaired) electrons. The van der Waals surface area contributed by atoms with Crippen LogP contribution in [0.4, 0.5) is 0 Å². The van der Waals surface area contributed by atoms with Crippen LogP contribution in [0.15, 0.2) is 45.6 Å². The lowest BCUT2D eigenvalue weighted by molar-refractivity contribution is -0.122. The highest BCUT2D eigenvalue weighted by Gasteiger charge is 2.17. The minimum Gasteiger partial charge on any atom is -0.408 e. The minimum absolute atomic E-state index is 0.0510. The normalized spacial score (nSPS) is 14.4. The van der Waals surface area contributed by atoms with Gasteiger partial charge in [0.2, 0.25) is 5.91 Å². The fraction of sp³-hybridized carbons (Fsp3) is 0.333. The van der Waals surface area contributed by atoms with Crippen molar-refractivity contribution in [2.45, 2.75) is 45.7 Å². The van der Waals surface area contributed by atoms with E-state index in [1.807, 2.05) is 26.0 Å². The average molecular weight is 350 g/mol. The van der Waals surface area contributed by atoms with Crippen LogP contribution >= 0.6 is 0 Å². The molecule has 1 amide bonds. The van der Waals surface area contributed by atoms with Gasteiger partial charge in [0.1, 0.15) is 6.54 Å². The molecule has 0 saturated heterocycles. The van der Waals surface area contributed by atoms with Crippen LogP contribution in [-0.4, -0.2) is 10.5 Å². The summed E-state index contributed by atoms with van der Waals surface area (Å²) in [6, 6.07) is 11.8. The number of nitrogens with one attached hydrogen (secondary N) is 1. The number of amides is 1.